The molecule has 3 amide bonds. The second kappa shape index (κ2) is 27.0. The summed E-state index contributed by atoms with van der Waals surface area (Å²) in [5.74, 6) is -3.13. The van der Waals surface area contributed by atoms with Crippen molar-refractivity contribution in [3.8, 4) is 0 Å². The smallest absolute Gasteiger partial charge is 0.446 e. The van der Waals surface area contributed by atoms with Crippen LogP contribution in [0.15, 0.2) is 48.7 Å². The molecule has 1 fully saturated rings. The van der Waals surface area contributed by atoms with Crippen molar-refractivity contribution in [1.29, 1.82) is 0 Å². The minimum Gasteiger partial charge on any atom is -0.480 e. The number of rotatable bonds is 24. The van der Waals surface area contributed by atoms with E-state index in [1.807, 2.05) is 89.9 Å². The number of halogens is 3. The van der Waals surface area contributed by atoms with Gasteiger partial charge in [-0.25, -0.2) is 9.78 Å². The molecular formula is C48H73F3N6O9. The summed E-state index contributed by atoms with van der Waals surface area (Å²) in [7, 11) is 6.71. The van der Waals surface area contributed by atoms with Gasteiger partial charge in [-0.1, -0.05) is 85.2 Å². The van der Waals surface area contributed by atoms with E-state index >= 15 is 0 Å². The second-order valence-electron chi connectivity index (χ2n) is 18.1. The Morgan fingerprint density at radius 3 is 2.09 bits per heavy atom. The molecule has 1 aromatic heterocycles. The van der Waals surface area contributed by atoms with Gasteiger partial charge in [-0.2, -0.15) is 13.2 Å². The molecule has 0 bridgehead atoms. The van der Waals surface area contributed by atoms with Crippen molar-refractivity contribution in [2.24, 2.45) is 29.6 Å². The van der Waals surface area contributed by atoms with Crippen LogP contribution in [0.3, 0.4) is 0 Å². The summed E-state index contributed by atoms with van der Waals surface area (Å²) in [6.45, 7) is 14.7. The summed E-state index contributed by atoms with van der Waals surface area (Å²) in [4.78, 5) is 86.9. The number of ether oxygens (including phenoxy) is 2. The molecule has 0 spiro atoms. The van der Waals surface area contributed by atoms with Gasteiger partial charge in [0.05, 0.1) is 42.7 Å². The van der Waals surface area contributed by atoms with E-state index in [0.717, 1.165) is 11.1 Å². The Hall–Kier alpha value is -4.94. The highest BCUT2D eigenvalue weighted by Gasteiger charge is 2.43. The number of aldehydes is 1. The number of hydrogen-bond acceptors (Lipinski definition) is 11. The molecule has 2 heterocycles. The van der Waals surface area contributed by atoms with Crippen LogP contribution in [-0.2, 0) is 51.2 Å². The van der Waals surface area contributed by atoms with E-state index in [1.165, 1.54) is 7.11 Å². The number of nitrogens with one attached hydrogen (secondary N) is 1. The summed E-state index contributed by atoms with van der Waals surface area (Å²) in [6.07, 6.45) is -3.21. The van der Waals surface area contributed by atoms with Crippen LogP contribution in [0.25, 0.3) is 0 Å². The molecule has 2 aromatic rings. The van der Waals surface area contributed by atoms with Crippen LogP contribution in [0.2, 0.25) is 0 Å². The van der Waals surface area contributed by atoms with Gasteiger partial charge in [0, 0.05) is 59.3 Å². The lowest BCUT2D eigenvalue weighted by atomic mass is 9.83. The first-order valence-electron chi connectivity index (χ1n) is 22.6. The summed E-state index contributed by atoms with van der Waals surface area (Å²) in [5, 5.41) is 12.6. The maximum atomic E-state index is 14.6. The molecule has 0 aliphatic carbocycles. The van der Waals surface area contributed by atoms with Crippen LogP contribution < -0.4 is 11.1 Å². The van der Waals surface area contributed by atoms with Crippen molar-refractivity contribution in [3.05, 3.63) is 59.8 Å². The molecular weight excluding hydrogens is 862 g/mol. The topological polar surface area (TPSA) is 202 Å². The monoisotopic (exact) mass is 935 g/mol. The number of hydrogen-bond donors (Lipinski definition) is 3. The molecule has 1 aromatic carbocycles. The number of nitrogen functional groups attached to an aromatic ring is 1. The molecule has 66 heavy (non-hydrogen) atoms. The van der Waals surface area contributed by atoms with Crippen LogP contribution in [0.1, 0.15) is 91.7 Å². The maximum Gasteiger partial charge on any atom is 0.446 e. The molecule has 9 atom stereocenters. The lowest BCUT2D eigenvalue weighted by molar-refractivity contribution is -0.156. The Morgan fingerprint density at radius 1 is 0.970 bits per heavy atom. The van der Waals surface area contributed by atoms with Gasteiger partial charge in [-0.3, -0.25) is 28.9 Å². The van der Waals surface area contributed by atoms with Gasteiger partial charge >= 0.3 is 12.1 Å². The Kier molecular flexibility index (Phi) is 23.4. The Labute approximate surface area is 388 Å². The molecule has 0 unspecified atom stereocenters. The van der Waals surface area contributed by atoms with Crippen LogP contribution in [0.4, 0.5) is 19.0 Å². The van der Waals surface area contributed by atoms with Gasteiger partial charge in [0.1, 0.15) is 11.9 Å². The first-order chi connectivity index (χ1) is 30.9. The number of aromatic nitrogens is 1. The maximum absolute atomic E-state index is 14.6. The number of carboxylic acids is 1. The lowest BCUT2D eigenvalue weighted by Crippen LogP contribution is -2.55. The van der Waals surface area contributed by atoms with Crippen LogP contribution in [0, 0.1) is 29.6 Å². The Balaban J connectivity index is 0.00000233. The molecule has 0 radical (unpaired) electrons. The number of anilines is 1. The second-order valence-corrected chi connectivity index (χ2v) is 18.1. The zero-order valence-electron chi connectivity index (χ0n) is 40.4. The number of pyridine rings is 1. The summed E-state index contributed by atoms with van der Waals surface area (Å²) < 4.78 is 43.2. The number of nitrogens with zero attached hydrogens (tertiary/aromatic N) is 4. The van der Waals surface area contributed by atoms with E-state index in [1.54, 1.807) is 43.1 Å². The molecule has 370 valence electrons. The molecule has 1 aliphatic rings. The molecule has 1 saturated heterocycles. The van der Waals surface area contributed by atoms with E-state index in [4.69, 9.17) is 20.0 Å². The molecule has 15 nitrogen and oxygen atoms in total. The number of carboxylic acid groups (broad SMARTS) is 1. The van der Waals surface area contributed by atoms with Gasteiger partial charge in [-0.05, 0) is 60.9 Å². The van der Waals surface area contributed by atoms with Gasteiger partial charge in [0.2, 0.25) is 24.0 Å². The zero-order chi connectivity index (χ0) is 50.1. The average Bonchev–Trinajstić information content (AvgIpc) is 3.74. The SMILES string of the molecule is CC[C@H](C)[C@@H]([C@@H](CC(=O)N1CCC[C@H]1[C@H](OC)[C@@H](C)C(=O)N[C@@H](Cc1ccccc1)C(=O)O)OC)N(C)C(=O)[C@@H](CC(=O)[C@H](C(C)C)N(C)Cc1ccnc(N)c1)C(C)C.O=CC(F)(F)F. The minimum absolute atomic E-state index is 0.00939. The van der Waals surface area contributed by atoms with E-state index in [-0.39, 0.29) is 54.6 Å². The number of amides is 3. The van der Waals surface area contributed by atoms with Gasteiger partial charge in [-0.15, -0.1) is 0 Å². The number of carbonyl (C=O) groups excluding carboxylic acids is 5. The summed E-state index contributed by atoms with van der Waals surface area (Å²) in [5.41, 5.74) is 7.64. The predicted molar refractivity (Wildman–Crippen MR) is 245 cm³/mol. The highest BCUT2D eigenvalue weighted by Crippen LogP contribution is 2.31. The fourth-order valence-corrected chi connectivity index (χ4v) is 8.97. The van der Waals surface area contributed by atoms with Crippen LogP contribution >= 0.6 is 0 Å². The third-order valence-corrected chi connectivity index (χ3v) is 12.5. The molecule has 4 N–H and O–H groups in total. The largest absolute Gasteiger partial charge is 0.480 e. The third-order valence-electron chi connectivity index (χ3n) is 12.5. The number of carbonyl (C=O) groups is 6. The Bertz CT molecular complexity index is 1870. The van der Waals surface area contributed by atoms with E-state index in [0.29, 0.717) is 38.2 Å². The Morgan fingerprint density at radius 2 is 1.59 bits per heavy atom. The van der Waals surface area contributed by atoms with Gasteiger partial charge < -0.3 is 35.4 Å². The molecule has 18 heteroatoms. The highest BCUT2D eigenvalue weighted by molar-refractivity contribution is 5.90. The van der Waals surface area contributed by atoms with Crippen molar-refractivity contribution >= 4 is 41.6 Å². The number of ketones is 1. The van der Waals surface area contributed by atoms with Crippen LogP contribution in [0.5, 0.6) is 0 Å². The summed E-state index contributed by atoms with van der Waals surface area (Å²) >= 11 is 0. The standard InChI is InChI=1S/C46H72N6O8.C2HF3O/c1-12-30(6)42(51(9)45(56)34(28(2)3)25-37(53)41(29(4)5)50(8)27-33-20-21-48-39(47)24-33)38(59-10)26-40(54)52-22-16-19-36(52)43(60-11)31(7)44(55)49-35(46(57)58)23-32-17-14-13-15-18-32;3-2(4,5)1-6/h13-15,17-18,20-21,24,28-31,34-36,38,41-43H,12,16,19,22-23,25-27H2,1-11H3,(H2,47,48)(H,49,55)(H,57,58);1H/t30-,31+,34-,35-,36-,38+,41-,42-,43+;/m0./s1. The van der Waals surface area contributed by atoms with Crippen LogP contribution in [-0.4, -0.2) is 138 Å². The lowest BCUT2D eigenvalue weighted by Gasteiger charge is -2.41. The van der Waals surface area contributed by atoms with E-state index in [2.05, 4.69) is 10.3 Å². The molecule has 3 rings (SSSR count). The number of Topliss-reactive ketones (excluding diaryl/α,β-unsaturated/α-hetero) is 1. The molecule has 0 saturated carbocycles. The number of aliphatic carboxylic acids is 1. The number of alkyl halides is 3. The number of benzene rings is 1. The van der Waals surface area contributed by atoms with Gasteiger partial charge in [0.15, 0.2) is 5.78 Å². The van der Waals surface area contributed by atoms with Crippen molar-refractivity contribution in [2.75, 3.05) is 40.6 Å². The average molecular weight is 935 g/mol. The van der Waals surface area contributed by atoms with Crippen molar-refractivity contribution in [2.45, 2.75) is 136 Å². The first-order valence-corrected chi connectivity index (χ1v) is 22.6. The number of nitrogens with two attached hydrogens (primary N) is 1. The molecule has 1 aliphatic heterocycles. The number of likely N-dealkylation sites (N-methyl/N-ethyl adjacent to an activating group) is 2. The normalized spacial score (nSPS) is 17.7. The van der Waals surface area contributed by atoms with Crippen molar-refractivity contribution in [1.82, 2.24) is 25.0 Å². The fraction of sp³-hybridized carbons (Fsp3) is 0.646. The zero-order valence-corrected chi connectivity index (χ0v) is 40.4. The quantitative estimate of drug-likeness (QED) is 0.107. The van der Waals surface area contributed by atoms with E-state index in [9.17, 15) is 42.3 Å². The number of likely N-dealkylation sites (tertiary alicyclic amines) is 1. The summed E-state index contributed by atoms with van der Waals surface area (Å²) in [6, 6.07) is 10.3. The highest BCUT2D eigenvalue weighted by atomic mass is 19.4. The third kappa shape index (κ3) is 17.0. The predicted octanol–water partition coefficient (Wildman–Crippen LogP) is 5.83. The van der Waals surface area contributed by atoms with E-state index < -0.39 is 72.6 Å². The van der Waals surface area contributed by atoms with Crippen molar-refractivity contribution < 1.29 is 56.5 Å². The number of methoxy groups -OCH3 is 2. The van der Waals surface area contributed by atoms with Crippen molar-refractivity contribution in [3.63, 3.8) is 0 Å². The minimum atomic E-state index is -4.64. The fourth-order valence-electron chi connectivity index (χ4n) is 8.97. The first kappa shape index (κ1) is 57.2. The van der Waals surface area contributed by atoms with Gasteiger partial charge in [0.25, 0.3) is 0 Å².